The van der Waals surface area contributed by atoms with Crippen molar-refractivity contribution in [2.24, 2.45) is 0 Å². The highest BCUT2D eigenvalue weighted by atomic mass is 32.1. The summed E-state index contributed by atoms with van der Waals surface area (Å²) in [7, 11) is 0. The first kappa shape index (κ1) is 20.9. The zero-order chi connectivity index (χ0) is 23.1. The van der Waals surface area contributed by atoms with Crippen LogP contribution < -0.4 is 9.47 Å². The monoisotopic (exact) mass is 465 g/mol. The summed E-state index contributed by atoms with van der Waals surface area (Å²) in [4.78, 5) is 28.3. The van der Waals surface area contributed by atoms with E-state index in [9.17, 15) is 24.9 Å². The number of carbonyl (C=O) groups excluding carboxylic acids is 2. The summed E-state index contributed by atoms with van der Waals surface area (Å²) in [5, 5.41) is 32.9. The van der Waals surface area contributed by atoms with Crippen molar-refractivity contribution in [3.63, 3.8) is 0 Å². The standard InChI is InChI=1S/C24H19NO7S/c26-16-5-3-13(10-17(16)27)21-20(23(29)24(30)25(21)12-15-2-1-9-33-15)22(28)14-4-6-18-19(11-14)32-8-7-31-18/h1-6,9-11,21,26-28H,7-8,12H2/b22-20+. The van der Waals surface area contributed by atoms with Gasteiger partial charge < -0.3 is 29.7 Å². The summed E-state index contributed by atoms with van der Waals surface area (Å²) >= 11 is 1.43. The Morgan fingerprint density at radius 2 is 1.79 bits per heavy atom. The number of thiophene rings is 1. The Labute approximate surface area is 192 Å². The molecule has 9 heteroatoms. The lowest BCUT2D eigenvalue weighted by Crippen LogP contribution is -2.28. The highest BCUT2D eigenvalue weighted by Gasteiger charge is 2.46. The normalized spacial score (nSPS) is 19.2. The predicted octanol–water partition coefficient (Wildman–Crippen LogP) is 3.55. The molecule has 1 amide bonds. The van der Waals surface area contributed by atoms with Crippen molar-refractivity contribution in [2.45, 2.75) is 12.6 Å². The summed E-state index contributed by atoms with van der Waals surface area (Å²) in [6.07, 6.45) is 0. The highest BCUT2D eigenvalue weighted by molar-refractivity contribution is 7.09. The molecule has 1 fully saturated rings. The molecule has 1 saturated heterocycles. The Morgan fingerprint density at radius 1 is 1.00 bits per heavy atom. The van der Waals surface area contributed by atoms with Crippen LogP contribution in [0.2, 0.25) is 0 Å². The number of hydrogen-bond donors (Lipinski definition) is 3. The van der Waals surface area contributed by atoms with Crippen LogP contribution in [-0.4, -0.2) is 45.1 Å². The molecule has 0 spiro atoms. The van der Waals surface area contributed by atoms with Gasteiger partial charge >= 0.3 is 0 Å². The quantitative estimate of drug-likeness (QED) is 0.233. The van der Waals surface area contributed by atoms with Gasteiger partial charge in [0.25, 0.3) is 11.7 Å². The van der Waals surface area contributed by atoms with Gasteiger partial charge in [0, 0.05) is 10.4 Å². The van der Waals surface area contributed by atoms with Crippen LogP contribution in [0.1, 0.15) is 22.0 Å². The van der Waals surface area contributed by atoms with Gasteiger partial charge in [-0.15, -0.1) is 11.3 Å². The van der Waals surface area contributed by atoms with Gasteiger partial charge in [-0.3, -0.25) is 9.59 Å². The minimum atomic E-state index is -0.966. The van der Waals surface area contributed by atoms with Gasteiger partial charge in [0.1, 0.15) is 19.0 Å². The average molecular weight is 465 g/mol. The molecule has 0 saturated carbocycles. The minimum Gasteiger partial charge on any atom is -0.507 e. The molecule has 0 radical (unpaired) electrons. The van der Waals surface area contributed by atoms with E-state index in [1.807, 2.05) is 17.5 Å². The van der Waals surface area contributed by atoms with Crippen molar-refractivity contribution in [3.8, 4) is 23.0 Å². The number of amides is 1. The number of likely N-dealkylation sites (tertiary alicyclic amines) is 1. The number of fused-ring (bicyclic) bond motifs is 1. The third-order valence-corrected chi connectivity index (χ3v) is 6.44. The van der Waals surface area contributed by atoms with E-state index in [2.05, 4.69) is 0 Å². The van der Waals surface area contributed by atoms with Crippen LogP contribution in [0.4, 0.5) is 0 Å². The molecule has 0 aliphatic carbocycles. The van der Waals surface area contributed by atoms with Crippen LogP contribution in [0.15, 0.2) is 59.5 Å². The van der Waals surface area contributed by atoms with Gasteiger partial charge in [0.2, 0.25) is 0 Å². The first-order valence-electron chi connectivity index (χ1n) is 10.2. The van der Waals surface area contributed by atoms with E-state index in [-0.39, 0.29) is 23.6 Å². The zero-order valence-electron chi connectivity index (χ0n) is 17.2. The maximum Gasteiger partial charge on any atom is 0.295 e. The lowest BCUT2D eigenvalue weighted by Gasteiger charge is -2.25. The number of ketones is 1. The lowest BCUT2D eigenvalue weighted by molar-refractivity contribution is -0.140. The lowest BCUT2D eigenvalue weighted by atomic mass is 9.95. The van der Waals surface area contributed by atoms with Crippen molar-refractivity contribution < 1.29 is 34.4 Å². The Bertz CT molecular complexity index is 1280. The Balaban J connectivity index is 1.65. The molecule has 0 bridgehead atoms. The number of phenols is 2. The Hall–Kier alpha value is -3.98. The van der Waals surface area contributed by atoms with Crippen molar-refractivity contribution in [2.75, 3.05) is 13.2 Å². The van der Waals surface area contributed by atoms with Crippen LogP contribution in [0.5, 0.6) is 23.0 Å². The van der Waals surface area contributed by atoms with Crippen LogP contribution in [0, 0.1) is 0 Å². The van der Waals surface area contributed by atoms with Crippen LogP contribution in [0.3, 0.4) is 0 Å². The number of aliphatic hydroxyl groups is 1. The molecule has 2 aliphatic heterocycles. The Kier molecular flexibility index (Phi) is 5.18. The fourth-order valence-electron chi connectivity index (χ4n) is 4.02. The second-order valence-corrected chi connectivity index (χ2v) is 8.65. The number of aromatic hydroxyl groups is 2. The number of Topliss-reactive ketones (excluding diaryl/α,β-unsaturated/α-hetero) is 1. The molecule has 1 aromatic heterocycles. The molecule has 33 heavy (non-hydrogen) atoms. The molecule has 8 nitrogen and oxygen atoms in total. The summed E-state index contributed by atoms with van der Waals surface area (Å²) in [5.41, 5.74) is 0.555. The fraction of sp³-hybridized carbons (Fsp3) is 0.167. The maximum absolute atomic E-state index is 13.1. The third-order valence-electron chi connectivity index (χ3n) is 5.58. The molecule has 3 aromatic rings. The maximum atomic E-state index is 13.1. The van der Waals surface area contributed by atoms with Crippen molar-refractivity contribution >= 4 is 28.8 Å². The van der Waals surface area contributed by atoms with Crippen molar-refractivity contribution in [3.05, 3.63) is 75.5 Å². The summed E-state index contributed by atoms with van der Waals surface area (Å²) in [6, 6.07) is 11.6. The minimum absolute atomic E-state index is 0.113. The van der Waals surface area contributed by atoms with E-state index in [1.165, 1.54) is 34.4 Å². The summed E-state index contributed by atoms with van der Waals surface area (Å²) in [5.74, 6) is -1.74. The Morgan fingerprint density at radius 3 is 2.52 bits per heavy atom. The van der Waals surface area contributed by atoms with E-state index in [0.717, 1.165) is 4.88 Å². The number of nitrogens with zero attached hydrogens (tertiary/aromatic N) is 1. The average Bonchev–Trinajstić information content (AvgIpc) is 3.42. The van der Waals surface area contributed by atoms with Gasteiger partial charge in [-0.25, -0.2) is 0 Å². The molecular weight excluding hydrogens is 446 g/mol. The molecule has 2 aliphatic rings. The largest absolute Gasteiger partial charge is 0.507 e. The van der Waals surface area contributed by atoms with Crippen molar-refractivity contribution in [1.82, 2.24) is 4.90 Å². The topological polar surface area (TPSA) is 117 Å². The zero-order valence-corrected chi connectivity index (χ0v) is 18.0. The molecule has 5 rings (SSSR count). The second kappa shape index (κ2) is 8.18. The number of hydrogen-bond acceptors (Lipinski definition) is 8. The van der Waals surface area contributed by atoms with Gasteiger partial charge in [0.15, 0.2) is 23.0 Å². The van der Waals surface area contributed by atoms with Gasteiger partial charge in [-0.05, 0) is 47.3 Å². The van der Waals surface area contributed by atoms with Crippen LogP contribution in [-0.2, 0) is 16.1 Å². The third kappa shape index (κ3) is 3.66. The first-order valence-corrected chi connectivity index (χ1v) is 11.0. The van der Waals surface area contributed by atoms with Crippen LogP contribution >= 0.6 is 11.3 Å². The van der Waals surface area contributed by atoms with Crippen molar-refractivity contribution in [1.29, 1.82) is 0 Å². The molecule has 1 unspecified atom stereocenters. The fourth-order valence-corrected chi connectivity index (χ4v) is 4.72. The number of rotatable bonds is 4. The number of aliphatic hydroxyl groups excluding tert-OH is 1. The van der Waals surface area contributed by atoms with Crippen LogP contribution in [0.25, 0.3) is 5.76 Å². The number of carbonyl (C=O) groups is 2. The molecule has 2 aromatic carbocycles. The second-order valence-electron chi connectivity index (χ2n) is 7.61. The molecule has 3 N–H and O–H groups in total. The first-order chi connectivity index (χ1) is 15.9. The summed E-state index contributed by atoms with van der Waals surface area (Å²) < 4.78 is 11.1. The van der Waals surface area contributed by atoms with E-state index in [4.69, 9.17) is 9.47 Å². The molecule has 1 atom stereocenters. The SMILES string of the molecule is O=C1C(=O)N(Cc2cccs2)C(c2ccc(O)c(O)c2)/C1=C(\O)c1ccc2c(c1)OCCO2. The predicted molar refractivity (Wildman–Crippen MR) is 119 cm³/mol. The molecular formula is C24H19NO7S. The van der Waals surface area contributed by atoms with E-state index in [1.54, 1.807) is 18.2 Å². The molecule has 168 valence electrons. The number of ether oxygens (including phenoxy) is 2. The molecule has 3 heterocycles. The smallest absolute Gasteiger partial charge is 0.295 e. The van der Waals surface area contributed by atoms with Gasteiger partial charge in [0.05, 0.1) is 18.2 Å². The van der Waals surface area contributed by atoms with Gasteiger partial charge in [-0.1, -0.05) is 12.1 Å². The van der Waals surface area contributed by atoms with E-state index in [0.29, 0.717) is 35.8 Å². The van der Waals surface area contributed by atoms with Gasteiger partial charge in [-0.2, -0.15) is 0 Å². The summed E-state index contributed by atoms with van der Waals surface area (Å²) in [6.45, 7) is 0.915. The van der Waals surface area contributed by atoms with E-state index >= 15 is 0 Å². The highest BCUT2D eigenvalue weighted by Crippen LogP contribution is 2.43. The number of phenolic OH excluding ortho intramolecular Hbond substituents is 2. The number of benzene rings is 2. The van der Waals surface area contributed by atoms with E-state index < -0.39 is 23.5 Å².